The van der Waals surface area contributed by atoms with Crippen molar-refractivity contribution >= 4 is 17.3 Å². The van der Waals surface area contributed by atoms with E-state index < -0.39 is 10.9 Å². The first-order valence-electron chi connectivity index (χ1n) is 6.25. The molecule has 1 aromatic carbocycles. The van der Waals surface area contributed by atoms with Crippen LogP contribution in [0.4, 0.5) is 11.4 Å². The molecule has 0 bridgehead atoms. The summed E-state index contributed by atoms with van der Waals surface area (Å²) in [6, 6.07) is 3.76. The Morgan fingerprint density at radius 2 is 2.20 bits per heavy atom. The van der Waals surface area contributed by atoms with Gasteiger partial charge in [-0.15, -0.1) is 0 Å². The van der Waals surface area contributed by atoms with Gasteiger partial charge < -0.3 is 15.2 Å². The number of hydrogen-bond donors (Lipinski definition) is 2. The second-order valence-electron chi connectivity index (χ2n) is 4.69. The fraction of sp³-hybridized carbons (Fsp3) is 0.462. The van der Waals surface area contributed by atoms with Gasteiger partial charge in [0.15, 0.2) is 0 Å². The average Bonchev–Trinajstić information content (AvgIpc) is 2.37. The van der Waals surface area contributed by atoms with Crippen LogP contribution in [0, 0.1) is 16.0 Å². The first kappa shape index (κ1) is 15.9. The van der Waals surface area contributed by atoms with Gasteiger partial charge in [0.25, 0.3) is 5.69 Å². The van der Waals surface area contributed by atoms with E-state index >= 15 is 0 Å². The number of carbonyl (C=O) groups is 1. The predicted molar refractivity (Wildman–Crippen MR) is 74.2 cm³/mol. The summed E-state index contributed by atoms with van der Waals surface area (Å²) in [6.45, 7) is 5.53. The lowest BCUT2D eigenvalue weighted by molar-refractivity contribution is -0.384. The number of anilines is 1. The number of ether oxygens (including phenoxy) is 1. The lowest BCUT2D eigenvalue weighted by atomic mass is 10.1. The number of aromatic carboxylic acids is 1. The number of benzene rings is 1. The monoisotopic (exact) mass is 282 g/mol. The highest BCUT2D eigenvalue weighted by atomic mass is 16.6. The smallest absolute Gasteiger partial charge is 0.335 e. The number of carboxylic acid groups (broad SMARTS) is 1. The zero-order valence-electron chi connectivity index (χ0n) is 11.5. The molecule has 7 heteroatoms. The van der Waals surface area contributed by atoms with Crippen molar-refractivity contribution in [2.45, 2.75) is 13.8 Å². The number of nitro groups is 1. The molecular formula is C13H18N2O5. The number of nitro benzene ring substituents is 1. The third-order valence-corrected chi connectivity index (χ3v) is 2.45. The van der Waals surface area contributed by atoms with Gasteiger partial charge >= 0.3 is 5.97 Å². The largest absolute Gasteiger partial charge is 0.478 e. The summed E-state index contributed by atoms with van der Waals surface area (Å²) >= 11 is 0. The molecule has 110 valence electrons. The Kier molecular flexibility index (Phi) is 5.92. The van der Waals surface area contributed by atoms with Crippen LogP contribution >= 0.6 is 0 Å². The van der Waals surface area contributed by atoms with Crippen molar-refractivity contribution in [3.63, 3.8) is 0 Å². The van der Waals surface area contributed by atoms with Crippen molar-refractivity contribution in [3.05, 3.63) is 33.9 Å². The maximum Gasteiger partial charge on any atom is 0.335 e. The highest BCUT2D eigenvalue weighted by Gasteiger charge is 2.16. The minimum absolute atomic E-state index is 0.113. The zero-order chi connectivity index (χ0) is 15.1. The number of rotatable bonds is 8. The molecule has 0 saturated heterocycles. The Morgan fingerprint density at radius 3 is 2.75 bits per heavy atom. The molecule has 0 atom stereocenters. The molecule has 0 unspecified atom stereocenters. The normalized spacial score (nSPS) is 10.6. The lowest BCUT2D eigenvalue weighted by Crippen LogP contribution is -2.13. The molecule has 0 saturated carbocycles. The summed E-state index contributed by atoms with van der Waals surface area (Å²) in [7, 11) is 0. The molecule has 1 aromatic rings. The second kappa shape index (κ2) is 7.44. The maximum absolute atomic E-state index is 10.9. The standard InChI is InChI=1S/C13H18N2O5/c1-9(2)8-20-6-5-14-11-4-3-10(13(16)17)7-12(11)15(18)19/h3-4,7,9,14H,5-6,8H2,1-2H3,(H,16,17). The molecule has 7 nitrogen and oxygen atoms in total. The van der Waals surface area contributed by atoms with Crippen LogP contribution in [-0.2, 0) is 4.74 Å². The third-order valence-electron chi connectivity index (χ3n) is 2.45. The fourth-order valence-corrected chi connectivity index (χ4v) is 1.54. The first-order valence-corrected chi connectivity index (χ1v) is 6.25. The number of nitrogens with one attached hydrogen (secondary N) is 1. The van der Waals surface area contributed by atoms with Crippen molar-refractivity contribution < 1.29 is 19.6 Å². The summed E-state index contributed by atoms with van der Waals surface area (Å²) in [4.78, 5) is 21.1. The van der Waals surface area contributed by atoms with E-state index in [2.05, 4.69) is 5.32 Å². The van der Waals surface area contributed by atoms with Gasteiger partial charge in [-0.2, -0.15) is 0 Å². The molecule has 20 heavy (non-hydrogen) atoms. The lowest BCUT2D eigenvalue weighted by Gasteiger charge is -2.09. The van der Waals surface area contributed by atoms with Crippen molar-refractivity contribution in [2.75, 3.05) is 25.1 Å². The average molecular weight is 282 g/mol. The molecule has 0 spiro atoms. The van der Waals surface area contributed by atoms with E-state index in [0.717, 1.165) is 6.07 Å². The van der Waals surface area contributed by atoms with Gasteiger partial charge in [0, 0.05) is 19.2 Å². The Labute approximate surface area is 116 Å². The van der Waals surface area contributed by atoms with Gasteiger partial charge in [-0.1, -0.05) is 13.8 Å². The highest BCUT2D eigenvalue weighted by molar-refractivity contribution is 5.89. The SMILES string of the molecule is CC(C)COCCNc1ccc(C(=O)O)cc1[N+](=O)[O-]. The Morgan fingerprint density at radius 1 is 1.50 bits per heavy atom. The van der Waals surface area contributed by atoms with E-state index in [0.29, 0.717) is 25.7 Å². The van der Waals surface area contributed by atoms with Crippen molar-refractivity contribution in [3.8, 4) is 0 Å². The van der Waals surface area contributed by atoms with Crippen LogP contribution in [-0.4, -0.2) is 35.8 Å². The van der Waals surface area contributed by atoms with Crippen LogP contribution in [0.2, 0.25) is 0 Å². The van der Waals surface area contributed by atoms with Crippen LogP contribution in [0.15, 0.2) is 18.2 Å². The number of nitrogens with zero attached hydrogens (tertiary/aromatic N) is 1. The van der Waals surface area contributed by atoms with Crippen LogP contribution in [0.25, 0.3) is 0 Å². The van der Waals surface area contributed by atoms with Crippen LogP contribution < -0.4 is 5.32 Å². The van der Waals surface area contributed by atoms with E-state index in [1.165, 1.54) is 12.1 Å². The van der Waals surface area contributed by atoms with Crippen molar-refractivity contribution in [1.29, 1.82) is 0 Å². The van der Waals surface area contributed by atoms with E-state index in [4.69, 9.17) is 9.84 Å². The molecule has 0 aliphatic heterocycles. The topological polar surface area (TPSA) is 102 Å². The maximum atomic E-state index is 10.9. The number of carboxylic acids is 1. The molecule has 0 radical (unpaired) electrons. The van der Waals surface area contributed by atoms with Crippen LogP contribution in [0.5, 0.6) is 0 Å². The molecule has 0 aliphatic rings. The minimum Gasteiger partial charge on any atom is -0.478 e. The Balaban J connectivity index is 2.65. The van der Waals surface area contributed by atoms with Crippen LogP contribution in [0.1, 0.15) is 24.2 Å². The summed E-state index contributed by atoms with van der Waals surface area (Å²) in [5.41, 5.74) is -0.0831. The quantitative estimate of drug-likeness (QED) is 0.431. The van der Waals surface area contributed by atoms with Gasteiger partial charge in [0.2, 0.25) is 0 Å². The zero-order valence-corrected chi connectivity index (χ0v) is 11.5. The molecular weight excluding hydrogens is 264 g/mol. The van der Waals surface area contributed by atoms with E-state index in [9.17, 15) is 14.9 Å². The molecule has 0 amide bonds. The van der Waals surface area contributed by atoms with E-state index in [1.54, 1.807) is 0 Å². The summed E-state index contributed by atoms with van der Waals surface area (Å²) in [6.07, 6.45) is 0. The van der Waals surface area contributed by atoms with E-state index in [1.807, 2.05) is 13.8 Å². The minimum atomic E-state index is -1.19. The second-order valence-corrected chi connectivity index (χ2v) is 4.69. The van der Waals surface area contributed by atoms with Gasteiger partial charge in [-0.3, -0.25) is 10.1 Å². The Bertz CT molecular complexity index is 488. The molecule has 1 rings (SSSR count). The summed E-state index contributed by atoms with van der Waals surface area (Å²) in [5.74, 6) is -0.765. The van der Waals surface area contributed by atoms with Gasteiger partial charge in [0.05, 0.1) is 17.1 Å². The van der Waals surface area contributed by atoms with Crippen LogP contribution in [0.3, 0.4) is 0 Å². The van der Waals surface area contributed by atoms with E-state index in [-0.39, 0.29) is 16.9 Å². The van der Waals surface area contributed by atoms with Crippen molar-refractivity contribution in [1.82, 2.24) is 0 Å². The van der Waals surface area contributed by atoms with Gasteiger partial charge in [-0.05, 0) is 18.1 Å². The first-order chi connectivity index (χ1) is 9.41. The molecule has 0 heterocycles. The molecule has 2 N–H and O–H groups in total. The fourth-order valence-electron chi connectivity index (χ4n) is 1.54. The third kappa shape index (κ3) is 4.85. The molecule has 0 aromatic heterocycles. The summed E-state index contributed by atoms with van der Waals surface area (Å²) in [5, 5.41) is 22.6. The highest BCUT2D eigenvalue weighted by Crippen LogP contribution is 2.25. The van der Waals surface area contributed by atoms with Gasteiger partial charge in [0.1, 0.15) is 5.69 Å². The Hall–Kier alpha value is -2.15. The summed E-state index contributed by atoms with van der Waals surface area (Å²) < 4.78 is 5.35. The van der Waals surface area contributed by atoms with Gasteiger partial charge in [-0.25, -0.2) is 4.79 Å². The number of hydrogen-bond acceptors (Lipinski definition) is 5. The molecule has 0 fully saturated rings. The molecule has 0 aliphatic carbocycles. The predicted octanol–water partition coefficient (Wildman–Crippen LogP) is 2.38. The van der Waals surface area contributed by atoms with Crippen molar-refractivity contribution in [2.24, 2.45) is 5.92 Å².